The molecule has 6 nitrogen and oxygen atoms in total. The number of aromatic nitrogens is 1. The summed E-state index contributed by atoms with van der Waals surface area (Å²) in [4.78, 5) is 28.1. The number of benzene rings is 2. The van der Waals surface area contributed by atoms with Gasteiger partial charge in [-0.25, -0.2) is 0 Å². The lowest BCUT2D eigenvalue weighted by Crippen LogP contribution is -2.24. The van der Waals surface area contributed by atoms with Gasteiger partial charge >= 0.3 is 0 Å². The van der Waals surface area contributed by atoms with Crippen LogP contribution in [0.2, 0.25) is 0 Å². The quantitative estimate of drug-likeness (QED) is 0.553. The van der Waals surface area contributed by atoms with Crippen molar-refractivity contribution in [3.05, 3.63) is 70.5 Å². The number of carbonyl (C=O) groups is 1. The Morgan fingerprint density at radius 2 is 1.75 bits per heavy atom. The summed E-state index contributed by atoms with van der Waals surface area (Å²) in [6, 6.07) is 16.4. The number of carbonyl (C=O) groups excluding carboxylic acids is 1. The third-order valence-corrected chi connectivity index (χ3v) is 3.79. The van der Waals surface area contributed by atoms with Crippen LogP contribution in [0.4, 0.5) is 0 Å². The van der Waals surface area contributed by atoms with Crippen LogP contribution < -0.4 is 17.0 Å². The van der Waals surface area contributed by atoms with Gasteiger partial charge in [-0.3, -0.25) is 9.59 Å². The molecule has 0 saturated heterocycles. The summed E-state index contributed by atoms with van der Waals surface area (Å²) in [6.07, 6.45) is 0. The van der Waals surface area contributed by atoms with Gasteiger partial charge < -0.3 is 16.0 Å². The van der Waals surface area contributed by atoms with E-state index in [0.29, 0.717) is 5.39 Å². The molecule has 6 heteroatoms. The molecule has 0 radical (unpaired) electrons. The predicted octanol–water partition coefficient (Wildman–Crippen LogP) is 1.62. The number of rotatable bonds is 2. The predicted molar refractivity (Wildman–Crippen MR) is 94.8 cm³/mol. The van der Waals surface area contributed by atoms with E-state index in [1.807, 2.05) is 36.4 Å². The highest BCUT2D eigenvalue weighted by Gasteiger charge is 2.11. The number of nitrogens with zero attached hydrogens (tertiary/aromatic N) is 2. The highest BCUT2D eigenvalue weighted by Crippen LogP contribution is 2.22. The van der Waals surface area contributed by atoms with Crippen LogP contribution >= 0.6 is 0 Å². The zero-order chi connectivity index (χ0) is 17.3. The molecule has 1 aromatic heterocycles. The largest absolute Gasteiger partial charge is 0.370 e. The minimum absolute atomic E-state index is 0.189. The SMILES string of the molecule is Cn1c(-c2ccccc2)cc2ccc(C(=O)N=C(N)N)cc2c1=O. The number of fused-ring (bicyclic) bond motifs is 1. The molecule has 24 heavy (non-hydrogen) atoms. The average molecular weight is 320 g/mol. The smallest absolute Gasteiger partial charge is 0.280 e. The van der Waals surface area contributed by atoms with E-state index in [1.165, 1.54) is 6.07 Å². The maximum atomic E-state index is 12.7. The highest BCUT2D eigenvalue weighted by atomic mass is 16.1. The molecule has 0 fully saturated rings. The maximum Gasteiger partial charge on any atom is 0.280 e. The number of amides is 1. The van der Waals surface area contributed by atoms with Crippen LogP contribution in [0.15, 0.2) is 64.4 Å². The lowest BCUT2D eigenvalue weighted by Gasteiger charge is -2.11. The normalized spacial score (nSPS) is 10.5. The highest BCUT2D eigenvalue weighted by molar-refractivity contribution is 6.04. The molecule has 2 aromatic carbocycles. The zero-order valence-electron chi connectivity index (χ0n) is 13.1. The van der Waals surface area contributed by atoms with Crippen LogP contribution in [0, 0.1) is 0 Å². The Kier molecular flexibility index (Phi) is 3.87. The molecule has 0 aliphatic rings. The molecule has 1 amide bonds. The van der Waals surface area contributed by atoms with E-state index in [1.54, 1.807) is 23.7 Å². The molecular weight excluding hydrogens is 304 g/mol. The van der Waals surface area contributed by atoms with E-state index in [9.17, 15) is 9.59 Å². The van der Waals surface area contributed by atoms with Crippen LogP contribution in [-0.2, 0) is 7.05 Å². The first kappa shape index (κ1) is 15.5. The number of guanidine groups is 1. The van der Waals surface area contributed by atoms with Gasteiger partial charge in [-0.05, 0) is 29.1 Å². The molecule has 3 aromatic rings. The molecule has 0 saturated carbocycles. The number of aliphatic imine (C=N–C) groups is 1. The van der Waals surface area contributed by atoms with E-state index < -0.39 is 5.91 Å². The molecule has 120 valence electrons. The first-order chi connectivity index (χ1) is 11.5. The van der Waals surface area contributed by atoms with Gasteiger partial charge in [0.1, 0.15) is 0 Å². The van der Waals surface area contributed by atoms with E-state index >= 15 is 0 Å². The molecule has 0 aliphatic carbocycles. The van der Waals surface area contributed by atoms with Crippen molar-refractivity contribution in [2.24, 2.45) is 23.5 Å². The molecule has 0 aliphatic heterocycles. The zero-order valence-corrected chi connectivity index (χ0v) is 13.1. The Balaban J connectivity index is 2.20. The number of nitrogens with two attached hydrogens (primary N) is 2. The van der Waals surface area contributed by atoms with Crippen molar-refractivity contribution < 1.29 is 4.79 Å². The van der Waals surface area contributed by atoms with Gasteiger partial charge in [0.2, 0.25) is 0 Å². The van der Waals surface area contributed by atoms with Crippen molar-refractivity contribution >= 4 is 22.6 Å². The first-order valence-electron chi connectivity index (χ1n) is 7.30. The monoisotopic (exact) mass is 320 g/mol. The van der Waals surface area contributed by atoms with E-state index in [0.717, 1.165) is 16.6 Å². The summed E-state index contributed by atoms with van der Waals surface area (Å²) < 4.78 is 1.56. The molecule has 0 bridgehead atoms. The molecular formula is C18H16N4O2. The summed E-state index contributed by atoms with van der Waals surface area (Å²) in [5, 5.41) is 1.19. The van der Waals surface area contributed by atoms with Gasteiger partial charge in [0.25, 0.3) is 11.5 Å². The van der Waals surface area contributed by atoms with Gasteiger partial charge in [0, 0.05) is 18.0 Å². The molecule has 0 unspecified atom stereocenters. The Labute approximate surface area is 138 Å². The average Bonchev–Trinajstić information content (AvgIpc) is 2.58. The Hall–Kier alpha value is -3.41. The minimum atomic E-state index is -0.578. The fourth-order valence-electron chi connectivity index (χ4n) is 2.60. The number of pyridine rings is 1. The van der Waals surface area contributed by atoms with Gasteiger partial charge in [0.05, 0.1) is 5.69 Å². The van der Waals surface area contributed by atoms with Crippen LogP contribution in [0.1, 0.15) is 10.4 Å². The van der Waals surface area contributed by atoms with E-state index in [2.05, 4.69) is 4.99 Å². The van der Waals surface area contributed by atoms with Crippen LogP contribution in [0.3, 0.4) is 0 Å². The summed E-state index contributed by atoms with van der Waals surface area (Å²) in [5.74, 6) is -0.890. The van der Waals surface area contributed by atoms with E-state index in [4.69, 9.17) is 11.5 Å². The van der Waals surface area contributed by atoms with Gasteiger partial charge in [-0.1, -0.05) is 36.4 Å². The van der Waals surface area contributed by atoms with Crippen molar-refractivity contribution in [2.45, 2.75) is 0 Å². The van der Waals surface area contributed by atoms with Crippen molar-refractivity contribution in [3.63, 3.8) is 0 Å². The Bertz CT molecular complexity index is 1020. The fraction of sp³-hybridized carbons (Fsp3) is 0.0556. The first-order valence-corrected chi connectivity index (χ1v) is 7.30. The number of hydrogen-bond donors (Lipinski definition) is 2. The van der Waals surface area contributed by atoms with Crippen molar-refractivity contribution in [1.82, 2.24) is 4.57 Å². The lowest BCUT2D eigenvalue weighted by atomic mass is 10.0. The standard InChI is InChI=1S/C18H16N4O2/c1-22-15(11-5-3-2-4-6-11)10-12-7-8-13(9-14(12)17(22)24)16(23)21-18(19)20/h2-10H,1H3,(H4,19,20,21,23). The Morgan fingerprint density at radius 1 is 1.04 bits per heavy atom. The Morgan fingerprint density at radius 3 is 2.42 bits per heavy atom. The summed E-state index contributed by atoms with van der Waals surface area (Å²) in [7, 11) is 1.70. The minimum Gasteiger partial charge on any atom is -0.370 e. The van der Waals surface area contributed by atoms with Crippen molar-refractivity contribution in [3.8, 4) is 11.3 Å². The van der Waals surface area contributed by atoms with Crippen LogP contribution in [-0.4, -0.2) is 16.4 Å². The second kappa shape index (κ2) is 6.00. The summed E-state index contributed by atoms with van der Waals surface area (Å²) in [5.41, 5.74) is 12.3. The van der Waals surface area contributed by atoms with Gasteiger partial charge in [-0.2, -0.15) is 4.99 Å². The third kappa shape index (κ3) is 2.77. The third-order valence-electron chi connectivity index (χ3n) is 3.79. The molecule has 4 N–H and O–H groups in total. The summed E-state index contributed by atoms with van der Waals surface area (Å²) in [6.45, 7) is 0. The molecule has 0 atom stereocenters. The second-order valence-corrected chi connectivity index (χ2v) is 5.40. The van der Waals surface area contributed by atoms with Crippen molar-refractivity contribution in [1.29, 1.82) is 0 Å². The summed E-state index contributed by atoms with van der Waals surface area (Å²) >= 11 is 0. The van der Waals surface area contributed by atoms with Crippen LogP contribution in [0.25, 0.3) is 22.0 Å². The maximum absolute atomic E-state index is 12.7. The number of hydrogen-bond acceptors (Lipinski definition) is 2. The van der Waals surface area contributed by atoms with E-state index in [-0.39, 0.29) is 17.1 Å². The van der Waals surface area contributed by atoms with Crippen molar-refractivity contribution in [2.75, 3.05) is 0 Å². The van der Waals surface area contributed by atoms with Gasteiger partial charge in [-0.15, -0.1) is 0 Å². The topological polar surface area (TPSA) is 103 Å². The van der Waals surface area contributed by atoms with Gasteiger partial charge in [0.15, 0.2) is 5.96 Å². The molecule has 0 spiro atoms. The lowest BCUT2D eigenvalue weighted by molar-refractivity contribution is 0.100. The van der Waals surface area contributed by atoms with Crippen LogP contribution in [0.5, 0.6) is 0 Å². The fourth-order valence-corrected chi connectivity index (χ4v) is 2.60. The second-order valence-electron chi connectivity index (χ2n) is 5.40. The molecule has 3 rings (SSSR count). The molecule has 1 heterocycles.